The summed E-state index contributed by atoms with van der Waals surface area (Å²) in [6.07, 6.45) is 0. The summed E-state index contributed by atoms with van der Waals surface area (Å²) < 4.78 is 5.64. The fraction of sp³-hybridized carbons (Fsp3) is 0.133. The Labute approximate surface area is 122 Å². The van der Waals surface area contributed by atoms with Crippen molar-refractivity contribution in [1.82, 2.24) is 0 Å². The molecule has 0 atom stereocenters. The molecule has 0 fully saturated rings. The molecule has 0 aliphatic heterocycles. The van der Waals surface area contributed by atoms with Crippen molar-refractivity contribution in [3.63, 3.8) is 0 Å². The summed E-state index contributed by atoms with van der Waals surface area (Å²) in [5, 5.41) is 10.1. The largest absolute Gasteiger partial charge is 0.488 e. The first-order chi connectivity index (χ1) is 9.10. The Bertz CT molecular complexity index is 647. The Hall–Kier alpha value is -1.69. The van der Waals surface area contributed by atoms with Crippen molar-refractivity contribution in [2.75, 3.05) is 0 Å². The van der Waals surface area contributed by atoms with Gasteiger partial charge in [0.2, 0.25) is 0 Å². The summed E-state index contributed by atoms with van der Waals surface area (Å²) in [6.45, 7) is 2.28. The van der Waals surface area contributed by atoms with E-state index in [1.54, 1.807) is 24.3 Å². The molecule has 0 aliphatic carbocycles. The van der Waals surface area contributed by atoms with E-state index in [1.165, 1.54) is 0 Å². The van der Waals surface area contributed by atoms with E-state index in [0.29, 0.717) is 28.0 Å². The SMILES string of the molecule is Cc1ccc(OCc2ccc(Cl)c(Cl)c2)c(C#N)c1. The second kappa shape index (κ2) is 5.97. The van der Waals surface area contributed by atoms with Crippen LogP contribution in [0.15, 0.2) is 36.4 Å². The van der Waals surface area contributed by atoms with Crippen molar-refractivity contribution in [2.24, 2.45) is 0 Å². The van der Waals surface area contributed by atoms with Crippen LogP contribution in [0.3, 0.4) is 0 Å². The summed E-state index contributed by atoms with van der Waals surface area (Å²) in [6, 6.07) is 12.9. The van der Waals surface area contributed by atoms with Gasteiger partial charge in [-0.2, -0.15) is 5.26 Å². The molecule has 96 valence electrons. The van der Waals surface area contributed by atoms with Gasteiger partial charge in [0.25, 0.3) is 0 Å². The first-order valence-electron chi connectivity index (χ1n) is 5.67. The van der Waals surface area contributed by atoms with Crippen LogP contribution in [0.4, 0.5) is 0 Å². The molecule has 0 spiro atoms. The zero-order chi connectivity index (χ0) is 13.8. The first-order valence-corrected chi connectivity index (χ1v) is 6.43. The molecule has 2 aromatic rings. The van der Waals surface area contributed by atoms with Crippen molar-refractivity contribution >= 4 is 23.2 Å². The van der Waals surface area contributed by atoms with E-state index in [2.05, 4.69) is 6.07 Å². The predicted molar refractivity (Wildman–Crippen MR) is 76.7 cm³/mol. The molecule has 0 saturated heterocycles. The van der Waals surface area contributed by atoms with Gasteiger partial charge < -0.3 is 4.74 Å². The molecule has 0 radical (unpaired) electrons. The van der Waals surface area contributed by atoms with Gasteiger partial charge in [0, 0.05) is 0 Å². The van der Waals surface area contributed by atoms with Crippen molar-refractivity contribution in [3.05, 3.63) is 63.1 Å². The molecular formula is C15H11Cl2NO. The van der Waals surface area contributed by atoms with Crippen LogP contribution < -0.4 is 4.74 Å². The van der Waals surface area contributed by atoms with Crippen molar-refractivity contribution in [3.8, 4) is 11.8 Å². The number of hydrogen-bond donors (Lipinski definition) is 0. The highest BCUT2D eigenvalue weighted by molar-refractivity contribution is 6.42. The van der Waals surface area contributed by atoms with E-state index in [0.717, 1.165) is 11.1 Å². The van der Waals surface area contributed by atoms with Crippen LogP contribution in [0.1, 0.15) is 16.7 Å². The molecule has 4 heteroatoms. The summed E-state index contributed by atoms with van der Waals surface area (Å²) >= 11 is 11.8. The number of hydrogen-bond acceptors (Lipinski definition) is 2. The molecule has 2 rings (SSSR count). The third-order valence-electron chi connectivity index (χ3n) is 2.63. The molecule has 0 bridgehead atoms. The van der Waals surface area contributed by atoms with Crippen LogP contribution in [0.2, 0.25) is 10.0 Å². The molecular weight excluding hydrogens is 281 g/mol. The summed E-state index contributed by atoms with van der Waals surface area (Å²) in [4.78, 5) is 0. The Balaban J connectivity index is 2.14. The highest BCUT2D eigenvalue weighted by Crippen LogP contribution is 2.24. The molecule has 0 amide bonds. The maximum Gasteiger partial charge on any atom is 0.137 e. The molecule has 2 nitrogen and oxygen atoms in total. The lowest BCUT2D eigenvalue weighted by molar-refractivity contribution is 0.305. The van der Waals surface area contributed by atoms with Gasteiger partial charge in [-0.3, -0.25) is 0 Å². The second-order valence-electron chi connectivity index (χ2n) is 4.15. The van der Waals surface area contributed by atoms with Gasteiger partial charge in [0.1, 0.15) is 18.4 Å². The highest BCUT2D eigenvalue weighted by Gasteiger charge is 2.05. The summed E-state index contributed by atoms with van der Waals surface area (Å²) in [7, 11) is 0. The van der Waals surface area contributed by atoms with Gasteiger partial charge >= 0.3 is 0 Å². The van der Waals surface area contributed by atoms with Crippen molar-refractivity contribution < 1.29 is 4.74 Å². The number of halogens is 2. The number of benzene rings is 2. The monoisotopic (exact) mass is 291 g/mol. The topological polar surface area (TPSA) is 33.0 Å². The highest BCUT2D eigenvalue weighted by atomic mass is 35.5. The fourth-order valence-corrected chi connectivity index (χ4v) is 1.97. The Kier molecular flexibility index (Phi) is 4.31. The van der Waals surface area contributed by atoms with Crippen LogP contribution in [-0.2, 0) is 6.61 Å². The smallest absolute Gasteiger partial charge is 0.137 e. The van der Waals surface area contributed by atoms with Gasteiger partial charge in [-0.05, 0) is 42.3 Å². The summed E-state index contributed by atoms with van der Waals surface area (Å²) in [5.41, 5.74) is 2.46. The van der Waals surface area contributed by atoms with Gasteiger partial charge in [-0.1, -0.05) is 35.3 Å². The normalized spacial score (nSPS) is 10.0. The van der Waals surface area contributed by atoms with Crippen LogP contribution in [0.5, 0.6) is 5.75 Å². The third-order valence-corrected chi connectivity index (χ3v) is 3.37. The average Bonchev–Trinajstić information content (AvgIpc) is 2.41. The van der Waals surface area contributed by atoms with E-state index >= 15 is 0 Å². The van der Waals surface area contributed by atoms with Crippen molar-refractivity contribution in [2.45, 2.75) is 13.5 Å². The standard InChI is InChI=1S/C15H11Cl2NO/c1-10-2-5-15(12(6-10)8-18)19-9-11-3-4-13(16)14(17)7-11/h2-7H,9H2,1H3. The molecule has 0 aliphatic rings. The van der Waals surface area contributed by atoms with Crippen LogP contribution >= 0.6 is 23.2 Å². The molecule has 0 unspecified atom stereocenters. The number of rotatable bonds is 3. The average molecular weight is 292 g/mol. The van der Waals surface area contributed by atoms with Gasteiger partial charge in [0.15, 0.2) is 0 Å². The zero-order valence-electron chi connectivity index (χ0n) is 10.3. The Morgan fingerprint density at radius 1 is 1.11 bits per heavy atom. The number of nitriles is 1. The van der Waals surface area contributed by atoms with Gasteiger partial charge in [-0.25, -0.2) is 0 Å². The second-order valence-corrected chi connectivity index (χ2v) is 4.96. The maximum absolute atomic E-state index is 9.05. The Morgan fingerprint density at radius 3 is 2.58 bits per heavy atom. The van der Waals surface area contributed by atoms with Crippen LogP contribution in [0.25, 0.3) is 0 Å². The molecule has 0 heterocycles. The van der Waals surface area contributed by atoms with E-state index < -0.39 is 0 Å². The van der Waals surface area contributed by atoms with E-state index in [4.69, 9.17) is 33.2 Å². The lowest BCUT2D eigenvalue weighted by Crippen LogP contribution is -1.97. The minimum Gasteiger partial charge on any atom is -0.488 e. The molecule has 2 aromatic carbocycles. The molecule has 0 aromatic heterocycles. The molecule has 0 saturated carbocycles. The lowest BCUT2D eigenvalue weighted by atomic mass is 10.1. The van der Waals surface area contributed by atoms with Crippen molar-refractivity contribution in [1.29, 1.82) is 5.26 Å². The number of ether oxygens (including phenoxy) is 1. The fourth-order valence-electron chi connectivity index (χ4n) is 1.65. The minimum atomic E-state index is 0.342. The summed E-state index contributed by atoms with van der Waals surface area (Å²) in [5.74, 6) is 0.569. The number of nitrogens with zero attached hydrogens (tertiary/aromatic N) is 1. The van der Waals surface area contributed by atoms with Crippen LogP contribution in [-0.4, -0.2) is 0 Å². The minimum absolute atomic E-state index is 0.342. The number of aryl methyl sites for hydroxylation is 1. The molecule has 0 N–H and O–H groups in total. The first kappa shape index (κ1) is 13.7. The molecule has 19 heavy (non-hydrogen) atoms. The van der Waals surface area contributed by atoms with E-state index in [1.807, 2.05) is 19.1 Å². The van der Waals surface area contributed by atoms with E-state index in [-0.39, 0.29) is 0 Å². The van der Waals surface area contributed by atoms with E-state index in [9.17, 15) is 0 Å². The quantitative estimate of drug-likeness (QED) is 0.817. The van der Waals surface area contributed by atoms with Crippen LogP contribution in [0, 0.1) is 18.3 Å². The predicted octanol–water partition coefficient (Wildman–Crippen LogP) is 4.75. The van der Waals surface area contributed by atoms with Gasteiger partial charge in [-0.15, -0.1) is 0 Å². The Morgan fingerprint density at radius 2 is 1.89 bits per heavy atom. The zero-order valence-corrected chi connectivity index (χ0v) is 11.8. The third kappa shape index (κ3) is 3.41. The lowest BCUT2D eigenvalue weighted by Gasteiger charge is -2.09. The van der Waals surface area contributed by atoms with Gasteiger partial charge in [0.05, 0.1) is 15.6 Å². The maximum atomic E-state index is 9.05.